The number of nitrogens with zero attached hydrogens (tertiary/aromatic N) is 3. The number of hydrogen-bond acceptors (Lipinski definition) is 6. The van der Waals surface area contributed by atoms with Gasteiger partial charge in [0, 0.05) is 31.8 Å². The van der Waals surface area contributed by atoms with Gasteiger partial charge in [0.1, 0.15) is 19.0 Å². The number of anilines is 1. The van der Waals surface area contributed by atoms with Crippen LogP contribution in [0.3, 0.4) is 0 Å². The molecular formula is C14H26N4O2. The van der Waals surface area contributed by atoms with Crippen LogP contribution in [-0.2, 0) is 11.3 Å². The molecule has 1 aromatic rings. The summed E-state index contributed by atoms with van der Waals surface area (Å²) in [4.78, 5) is 10.7. The molecule has 6 heteroatoms. The molecule has 1 rings (SSSR count). The molecule has 0 unspecified atom stereocenters. The summed E-state index contributed by atoms with van der Waals surface area (Å²) in [6.07, 6.45) is 0. The van der Waals surface area contributed by atoms with E-state index < -0.39 is 0 Å². The molecule has 114 valence electrons. The van der Waals surface area contributed by atoms with Crippen molar-refractivity contribution in [1.29, 1.82) is 0 Å². The van der Waals surface area contributed by atoms with E-state index in [-0.39, 0.29) is 0 Å². The Hall–Kier alpha value is -1.40. The number of ether oxygens (including phenoxy) is 2. The molecular weight excluding hydrogens is 256 g/mol. The summed E-state index contributed by atoms with van der Waals surface area (Å²) in [5, 5.41) is 0. The number of hydrogen-bond donors (Lipinski definition) is 1. The first-order valence-electron chi connectivity index (χ1n) is 6.95. The second kappa shape index (κ2) is 8.01. The average Bonchev–Trinajstić information content (AvgIpc) is 2.33. The van der Waals surface area contributed by atoms with E-state index in [0.717, 1.165) is 6.54 Å². The van der Waals surface area contributed by atoms with Crippen molar-refractivity contribution in [3.63, 3.8) is 0 Å². The largest absolute Gasteiger partial charge is 0.476 e. The van der Waals surface area contributed by atoms with Crippen LogP contribution in [0.4, 0.5) is 5.82 Å². The van der Waals surface area contributed by atoms with Crippen LogP contribution in [0.5, 0.6) is 5.88 Å². The SMILES string of the molecule is COCc1nc(N)cc(OCCN(C(C)C)C(C)C)n1. The zero-order valence-corrected chi connectivity index (χ0v) is 13.1. The fourth-order valence-electron chi connectivity index (χ4n) is 2.13. The van der Waals surface area contributed by atoms with Crippen LogP contribution in [0.2, 0.25) is 0 Å². The van der Waals surface area contributed by atoms with Crippen molar-refractivity contribution in [2.45, 2.75) is 46.4 Å². The normalized spacial score (nSPS) is 11.6. The van der Waals surface area contributed by atoms with E-state index in [9.17, 15) is 0 Å². The first kappa shape index (κ1) is 16.7. The van der Waals surface area contributed by atoms with Gasteiger partial charge >= 0.3 is 0 Å². The Morgan fingerprint density at radius 3 is 2.40 bits per heavy atom. The van der Waals surface area contributed by atoms with Gasteiger partial charge in [0.15, 0.2) is 5.82 Å². The maximum atomic E-state index is 5.72. The fourth-order valence-corrected chi connectivity index (χ4v) is 2.13. The number of nitrogen functional groups attached to an aromatic ring is 1. The lowest BCUT2D eigenvalue weighted by Crippen LogP contribution is -2.39. The van der Waals surface area contributed by atoms with E-state index in [1.54, 1.807) is 13.2 Å². The minimum absolute atomic E-state index is 0.325. The first-order valence-corrected chi connectivity index (χ1v) is 6.95. The van der Waals surface area contributed by atoms with Gasteiger partial charge in [-0.3, -0.25) is 4.90 Å². The Morgan fingerprint density at radius 1 is 1.20 bits per heavy atom. The lowest BCUT2D eigenvalue weighted by molar-refractivity contribution is 0.139. The van der Waals surface area contributed by atoms with Crippen LogP contribution in [0.15, 0.2) is 6.07 Å². The van der Waals surface area contributed by atoms with Gasteiger partial charge in [0.2, 0.25) is 5.88 Å². The molecule has 0 amide bonds. The topological polar surface area (TPSA) is 73.5 Å². The van der Waals surface area contributed by atoms with Gasteiger partial charge in [-0.15, -0.1) is 0 Å². The third kappa shape index (κ3) is 5.30. The lowest BCUT2D eigenvalue weighted by atomic mass is 10.2. The molecule has 0 saturated heterocycles. The fraction of sp³-hybridized carbons (Fsp3) is 0.714. The van der Waals surface area contributed by atoms with Crippen molar-refractivity contribution in [1.82, 2.24) is 14.9 Å². The van der Waals surface area contributed by atoms with Crippen LogP contribution in [0, 0.1) is 0 Å². The molecule has 20 heavy (non-hydrogen) atoms. The molecule has 6 nitrogen and oxygen atoms in total. The lowest BCUT2D eigenvalue weighted by Gasteiger charge is -2.30. The molecule has 0 aliphatic heterocycles. The summed E-state index contributed by atoms with van der Waals surface area (Å²) < 4.78 is 10.7. The summed E-state index contributed by atoms with van der Waals surface area (Å²) in [7, 11) is 1.59. The van der Waals surface area contributed by atoms with E-state index in [4.69, 9.17) is 15.2 Å². The van der Waals surface area contributed by atoms with Crippen molar-refractivity contribution in [3.8, 4) is 5.88 Å². The molecule has 0 radical (unpaired) electrons. The van der Waals surface area contributed by atoms with Gasteiger partial charge in [-0.2, -0.15) is 4.98 Å². The summed E-state index contributed by atoms with van der Waals surface area (Å²) in [5.74, 6) is 1.43. The van der Waals surface area contributed by atoms with Crippen LogP contribution in [0.1, 0.15) is 33.5 Å². The zero-order valence-electron chi connectivity index (χ0n) is 13.1. The molecule has 0 spiro atoms. The number of nitrogens with two attached hydrogens (primary N) is 1. The monoisotopic (exact) mass is 282 g/mol. The Bertz CT molecular complexity index is 402. The van der Waals surface area contributed by atoms with Crippen LogP contribution >= 0.6 is 0 Å². The van der Waals surface area contributed by atoms with Crippen molar-refractivity contribution in [2.75, 3.05) is 26.0 Å². The Balaban J connectivity index is 2.56. The predicted octanol–water partition coefficient (Wildman–Crippen LogP) is 1.70. The van der Waals surface area contributed by atoms with Crippen molar-refractivity contribution >= 4 is 5.82 Å². The highest BCUT2D eigenvalue weighted by molar-refractivity contribution is 5.32. The molecule has 0 saturated carbocycles. The quantitative estimate of drug-likeness (QED) is 0.782. The molecule has 1 heterocycles. The van der Waals surface area contributed by atoms with Gasteiger partial charge in [0.25, 0.3) is 0 Å². The molecule has 0 bridgehead atoms. The van der Waals surface area contributed by atoms with E-state index in [1.807, 2.05) is 0 Å². The van der Waals surface area contributed by atoms with Crippen molar-refractivity contribution in [2.24, 2.45) is 0 Å². The van der Waals surface area contributed by atoms with Gasteiger partial charge in [-0.1, -0.05) is 0 Å². The van der Waals surface area contributed by atoms with Gasteiger partial charge < -0.3 is 15.2 Å². The minimum atomic E-state index is 0.325. The summed E-state index contributed by atoms with van der Waals surface area (Å²) >= 11 is 0. The summed E-state index contributed by atoms with van der Waals surface area (Å²) in [5.41, 5.74) is 5.72. The molecule has 0 aliphatic rings. The summed E-state index contributed by atoms with van der Waals surface area (Å²) in [6, 6.07) is 2.60. The number of aromatic nitrogens is 2. The molecule has 0 aromatic carbocycles. The summed E-state index contributed by atoms with van der Waals surface area (Å²) in [6.45, 7) is 10.5. The van der Waals surface area contributed by atoms with Crippen LogP contribution < -0.4 is 10.5 Å². The number of methoxy groups -OCH3 is 1. The zero-order chi connectivity index (χ0) is 15.1. The number of rotatable bonds is 8. The van der Waals surface area contributed by atoms with Crippen molar-refractivity contribution in [3.05, 3.63) is 11.9 Å². The smallest absolute Gasteiger partial charge is 0.218 e. The standard InChI is InChI=1S/C14H26N4O2/c1-10(2)18(11(3)4)6-7-20-14-8-12(15)16-13(17-14)9-19-5/h8,10-11H,6-7,9H2,1-5H3,(H2,15,16,17). The van der Waals surface area contributed by atoms with E-state index in [1.165, 1.54) is 0 Å². The van der Waals surface area contributed by atoms with Gasteiger partial charge in [-0.25, -0.2) is 4.98 Å². The highest BCUT2D eigenvalue weighted by atomic mass is 16.5. The van der Waals surface area contributed by atoms with Crippen LogP contribution in [-0.4, -0.2) is 47.2 Å². The van der Waals surface area contributed by atoms with Gasteiger partial charge in [-0.05, 0) is 27.7 Å². The molecule has 0 atom stereocenters. The van der Waals surface area contributed by atoms with E-state index in [0.29, 0.717) is 42.8 Å². The van der Waals surface area contributed by atoms with E-state index in [2.05, 4.69) is 42.6 Å². The van der Waals surface area contributed by atoms with Gasteiger partial charge in [0.05, 0.1) is 0 Å². The van der Waals surface area contributed by atoms with Crippen molar-refractivity contribution < 1.29 is 9.47 Å². The molecule has 0 fully saturated rings. The highest BCUT2D eigenvalue weighted by Crippen LogP contribution is 2.12. The Labute approximate surface area is 121 Å². The maximum Gasteiger partial charge on any atom is 0.218 e. The second-order valence-electron chi connectivity index (χ2n) is 5.25. The third-order valence-electron chi connectivity index (χ3n) is 2.97. The Kier molecular flexibility index (Phi) is 6.67. The maximum absolute atomic E-state index is 5.72. The molecule has 0 aliphatic carbocycles. The average molecular weight is 282 g/mol. The second-order valence-corrected chi connectivity index (χ2v) is 5.25. The molecule has 2 N–H and O–H groups in total. The molecule has 1 aromatic heterocycles. The van der Waals surface area contributed by atoms with Crippen LogP contribution in [0.25, 0.3) is 0 Å². The first-order chi connectivity index (χ1) is 9.43. The third-order valence-corrected chi connectivity index (χ3v) is 2.97. The Morgan fingerprint density at radius 2 is 1.85 bits per heavy atom. The predicted molar refractivity (Wildman–Crippen MR) is 79.6 cm³/mol. The minimum Gasteiger partial charge on any atom is -0.476 e. The van der Waals surface area contributed by atoms with E-state index >= 15 is 0 Å². The highest BCUT2D eigenvalue weighted by Gasteiger charge is 2.13.